The molecular formula is C18H22ClN3O2S. The van der Waals surface area contributed by atoms with Crippen LogP contribution in [0.1, 0.15) is 24.4 Å². The highest BCUT2D eigenvalue weighted by atomic mass is 35.5. The first-order valence-corrected chi connectivity index (χ1v) is 9.64. The van der Waals surface area contributed by atoms with Gasteiger partial charge < -0.3 is 15.4 Å². The third-order valence-corrected chi connectivity index (χ3v) is 5.31. The third-order valence-electron chi connectivity index (χ3n) is 4.38. The van der Waals surface area contributed by atoms with Crippen molar-refractivity contribution in [3.05, 3.63) is 45.6 Å². The SMILES string of the molecule is COc1ccc(Cl)cc1NC(=O)NC[C@H](c1ccsc1)N1CCCC1. The smallest absolute Gasteiger partial charge is 0.319 e. The van der Waals surface area contributed by atoms with Gasteiger partial charge in [0.15, 0.2) is 0 Å². The molecule has 7 heteroatoms. The van der Waals surface area contributed by atoms with E-state index in [1.165, 1.54) is 18.4 Å². The van der Waals surface area contributed by atoms with Gasteiger partial charge in [-0.3, -0.25) is 4.90 Å². The van der Waals surface area contributed by atoms with E-state index in [1.54, 1.807) is 36.6 Å². The molecule has 134 valence electrons. The fourth-order valence-corrected chi connectivity index (χ4v) is 3.99. The molecule has 0 aliphatic carbocycles. The summed E-state index contributed by atoms with van der Waals surface area (Å²) in [6.07, 6.45) is 2.43. The van der Waals surface area contributed by atoms with E-state index in [9.17, 15) is 4.79 Å². The molecule has 5 nitrogen and oxygen atoms in total. The highest BCUT2D eigenvalue weighted by molar-refractivity contribution is 7.07. The van der Waals surface area contributed by atoms with E-state index >= 15 is 0 Å². The Bertz CT molecular complexity index is 702. The van der Waals surface area contributed by atoms with Gasteiger partial charge in [-0.15, -0.1) is 0 Å². The summed E-state index contributed by atoms with van der Waals surface area (Å²) in [7, 11) is 1.56. The van der Waals surface area contributed by atoms with Gasteiger partial charge in [-0.25, -0.2) is 4.79 Å². The highest BCUT2D eigenvalue weighted by Gasteiger charge is 2.24. The molecule has 1 atom stereocenters. The van der Waals surface area contributed by atoms with E-state index in [2.05, 4.69) is 32.4 Å². The minimum atomic E-state index is -0.264. The number of likely N-dealkylation sites (tertiary alicyclic amines) is 1. The van der Waals surface area contributed by atoms with Gasteiger partial charge in [0.1, 0.15) is 5.75 Å². The molecule has 0 bridgehead atoms. The minimum absolute atomic E-state index is 0.209. The maximum Gasteiger partial charge on any atom is 0.319 e. The van der Waals surface area contributed by atoms with E-state index in [4.69, 9.17) is 16.3 Å². The van der Waals surface area contributed by atoms with Crippen molar-refractivity contribution in [2.24, 2.45) is 0 Å². The Labute approximate surface area is 156 Å². The summed E-state index contributed by atoms with van der Waals surface area (Å²) in [6, 6.07) is 7.21. The van der Waals surface area contributed by atoms with E-state index in [0.717, 1.165) is 13.1 Å². The van der Waals surface area contributed by atoms with Crippen molar-refractivity contribution in [3.8, 4) is 5.75 Å². The quantitative estimate of drug-likeness (QED) is 0.783. The van der Waals surface area contributed by atoms with Crippen LogP contribution in [0, 0.1) is 0 Å². The number of carbonyl (C=O) groups is 1. The standard InChI is InChI=1S/C18H22ClN3O2S/c1-24-17-5-4-14(19)10-15(17)21-18(23)20-11-16(13-6-9-25-12-13)22-7-2-3-8-22/h4-6,9-10,12,16H,2-3,7-8,11H2,1H3,(H2,20,21,23)/t16-/m1/s1. The average molecular weight is 380 g/mol. The lowest BCUT2D eigenvalue weighted by molar-refractivity contribution is 0.228. The van der Waals surface area contributed by atoms with Gasteiger partial charge in [0, 0.05) is 11.6 Å². The van der Waals surface area contributed by atoms with Crippen molar-refractivity contribution in [1.82, 2.24) is 10.2 Å². The number of amides is 2. The molecule has 2 N–H and O–H groups in total. The lowest BCUT2D eigenvalue weighted by atomic mass is 10.1. The second-order valence-corrected chi connectivity index (χ2v) is 7.21. The molecule has 2 amide bonds. The van der Waals surface area contributed by atoms with Crippen LogP contribution in [0.3, 0.4) is 0 Å². The van der Waals surface area contributed by atoms with Crippen LogP contribution in [-0.2, 0) is 0 Å². The average Bonchev–Trinajstić information content (AvgIpc) is 3.29. The molecule has 1 aliphatic heterocycles. The second kappa shape index (κ2) is 8.56. The summed E-state index contributed by atoms with van der Waals surface area (Å²) in [4.78, 5) is 14.8. The monoisotopic (exact) mass is 379 g/mol. The van der Waals surface area contributed by atoms with Crippen LogP contribution >= 0.6 is 22.9 Å². The first-order valence-electron chi connectivity index (χ1n) is 8.32. The number of methoxy groups -OCH3 is 1. The Morgan fingerprint density at radius 2 is 2.16 bits per heavy atom. The van der Waals surface area contributed by atoms with Crippen molar-refractivity contribution in [3.63, 3.8) is 0 Å². The number of urea groups is 1. The summed E-state index contributed by atoms with van der Waals surface area (Å²) < 4.78 is 5.26. The van der Waals surface area contributed by atoms with Gasteiger partial charge in [-0.05, 0) is 66.5 Å². The van der Waals surface area contributed by atoms with Gasteiger partial charge in [0.05, 0.1) is 18.8 Å². The predicted molar refractivity (Wildman–Crippen MR) is 103 cm³/mol. The van der Waals surface area contributed by atoms with Crippen LogP contribution in [-0.4, -0.2) is 37.7 Å². The van der Waals surface area contributed by atoms with Crippen LogP contribution in [0.15, 0.2) is 35.0 Å². The normalized spacial score (nSPS) is 15.8. The Balaban J connectivity index is 1.63. The summed E-state index contributed by atoms with van der Waals surface area (Å²) in [5, 5.41) is 10.6. The molecule has 0 radical (unpaired) electrons. The number of thiophene rings is 1. The molecule has 1 aromatic heterocycles. The zero-order valence-corrected chi connectivity index (χ0v) is 15.7. The number of benzene rings is 1. The van der Waals surface area contributed by atoms with Gasteiger partial charge in [-0.1, -0.05) is 11.6 Å². The fraction of sp³-hybridized carbons (Fsp3) is 0.389. The van der Waals surface area contributed by atoms with Gasteiger partial charge in [0.25, 0.3) is 0 Å². The molecule has 1 aliphatic rings. The number of hydrogen-bond donors (Lipinski definition) is 2. The number of ether oxygens (including phenoxy) is 1. The zero-order valence-electron chi connectivity index (χ0n) is 14.1. The first-order chi connectivity index (χ1) is 12.2. The molecule has 1 saturated heterocycles. The lowest BCUT2D eigenvalue weighted by Gasteiger charge is -2.27. The summed E-state index contributed by atoms with van der Waals surface area (Å²) >= 11 is 7.69. The van der Waals surface area contributed by atoms with Crippen LogP contribution in [0.5, 0.6) is 5.75 Å². The Hall–Kier alpha value is -1.76. The summed E-state index contributed by atoms with van der Waals surface area (Å²) in [5.41, 5.74) is 1.81. The van der Waals surface area contributed by atoms with Crippen molar-refractivity contribution in [1.29, 1.82) is 0 Å². The number of anilines is 1. The molecule has 2 heterocycles. The highest BCUT2D eigenvalue weighted by Crippen LogP contribution is 2.28. The van der Waals surface area contributed by atoms with E-state index in [1.807, 2.05) is 0 Å². The number of nitrogens with one attached hydrogen (secondary N) is 2. The lowest BCUT2D eigenvalue weighted by Crippen LogP contribution is -2.38. The summed E-state index contributed by atoms with van der Waals surface area (Å²) in [5.74, 6) is 0.577. The van der Waals surface area contributed by atoms with Crippen LogP contribution in [0.4, 0.5) is 10.5 Å². The number of carbonyl (C=O) groups excluding carboxylic acids is 1. The Morgan fingerprint density at radius 1 is 1.36 bits per heavy atom. The molecule has 3 rings (SSSR count). The maximum atomic E-state index is 12.3. The van der Waals surface area contributed by atoms with Crippen LogP contribution in [0.2, 0.25) is 5.02 Å². The van der Waals surface area contributed by atoms with Crippen molar-refractivity contribution >= 4 is 34.7 Å². The topological polar surface area (TPSA) is 53.6 Å². The maximum absolute atomic E-state index is 12.3. The second-order valence-electron chi connectivity index (χ2n) is 6.00. The van der Waals surface area contributed by atoms with Crippen molar-refractivity contribution in [2.75, 3.05) is 32.1 Å². The van der Waals surface area contributed by atoms with E-state index in [0.29, 0.717) is 23.0 Å². The van der Waals surface area contributed by atoms with Crippen molar-refractivity contribution < 1.29 is 9.53 Å². The Kier molecular flexibility index (Phi) is 6.18. The molecule has 1 fully saturated rings. The predicted octanol–water partition coefficient (Wildman–Crippen LogP) is 4.37. The molecule has 0 saturated carbocycles. The molecule has 0 spiro atoms. The fourth-order valence-electron chi connectivity index (χ4n) is 3.11. The number of halogens is 1. The molecule has 0 unspecified atom stereocenters. The summed E-state index contributed by atoms with van der Waals surface area (Å²) in [6.45, 7) is 2.71. The third kappa shape index (κ3) is 4.66. The van der Waals surface area contributed by atoms with E-state index < -0.39 is 0 Å². The van der Waals surface area contributed by atoms with Crippen LogP contribution in [0.25, 0.3) is 0 Å². The molecule has 1 aromatic carbocycles. The van der Waals surface area contributed by atoms with Gasteiger partial charge >= 0.3 is 6.03 Å². The first kappa shape index (κ1) is 18.0. The molecule has 2 aromatic rings. The van der Waals surface area contributed by atoms with Gasteiger partial charge in [-0.2, -0.15) is 11.3 Å². The van der Waals surface area contributed by atoms with Gasteiger partial charge in [0.2, 0.25) is 0 Å². The minimum Gasteiger partial charge on any atom is -0.495 e. The molecular weight excluding hydrogens is 358 g/mol. The number of hydrogen-bond acceptors (Lipinski definition) is 4. The largest absolute Gasteiger partial charge is 0.495 e. The van der Waals surface area contributed by atoms with Crippen LogP contribution < -0.4 is 15.4 Å². The van der Waals surface area contributed by atoms with E-state index in [-0.39, 0.29) is 12.1 Å². The number of nitrogens with zero attached hydrogens (tertiary/aromatic N) is 1. The molecule has 25 heavy (non-hydrogen) atoms. The zero-order chi connectivity index (χ0) is 17.6. The van der Waals surface area contributed by atoms with Crippen molar-refractivity contribution in [2.45, 2.75) is 18.9 Å². The Morgan fingerprint density at radius 3 is 2.84 bits per heavy atom. The number of rotatable bonds is 6.